The molecule has 1 heterocycles. The highest BCUT2D eigenvalue weighted by molar-refractivity contribution is 9.10. The zero-order chi connectivity index (χ0) is 11.9. The van der Waals surface area contributed by atoms with Crippen LogP contribution in [0, 0.1) is 24.1 Å². The van der Waals surface area contributed by atoms with Gasteiger partial charge in [0.05, 0.1) is 11.1 Å². The van der Waals surface area contributed by atoms with E-state index in [1.54, 1.807) is 6.92 Å². The maximum Gasteiger partial charge on any atom is 0.134 e. The van der Waals surface area contributed by atoms with Gasteiger partial charge in [0.2, 0.25) is 0 Å². The normalized spacial score (nSPS) is 10.4. The molecule has 0 aliphatic carbocycles. The van der Waals surface area contributed by atoms with Crippen molar-refractivity contribution in [2.24, 2.45) is 0 Å². The van der Waals surface area contributed by atoms with Gasteiger partial charge < -0.3 is 0 Å². The summed E-state index contributed by atoms with van der Waals surface area (Å²) in [7, 11) is 0. The maximum atomic E-state index is 13.2. The van der Waals surface area contributed by atoms with Crippen LogP contribution in [0.15, 0.2) is 16.6 Å². The van der Waals surface area contributed by atoms with E-state index in [0.717, 1.165) is 0 Å². The van der Waals surface area contributed by atoms with Gasteiger partial charge in [0, 0.05) is 15.4 Å². The van der Waals surface area contributed by atoms with Crippen molar-refractivity contribution in [3.8, 4) is 6.07 Å². The fourth-order valence-electron chi connectivity index (χ4n) is 1.50. The summed E-state index contributed by atoms with van der Waals surface area (Å²) < 4.78 is 13.7. The van der Waals surface area contributed by atoms with E-state index >= 15 is 0 Å². The van der Waals surface area contributed by atoms with E-state index in [1.807, 2.05) is 6.07 Å². The SMILES string of the molecule is Cc1c(Cl)nc2c(Br)cc(F)cc2c1C#N. The number of rotatable bonds is 0. The lowest BCUT2D eigenvalue weighted by atomic mass is 10.1. The predicted molar refractivity (Wildman–Crippen MR) is 63.9 cm³/mol. The van der Waals surface area contributed by atoms with Gasteiger partial charge in [-0.2, -0.15) is 5.26 Å². The standard InChI is InChI=1S/C11H5BrClFN2/c1-5-8(4-15)7-2-6(14)3-9(12)10(7)16-11(5)13/h2-3H,1H3. The summed E-state index contributed by atoms with van der Waals surface area (Å²) in [4.78, 5) is 4.13. The van der Waals surface area contributed by atoms with Gasteiger partial charge in [0.1, 0.15) is 17.0 Å². The van der Waals surface area contributed by atoms with E-state index in [-0.39, 0.29) is 5.15 Å². The highest BCUT2D eigenvalue weighted by atomic mass is 79.9. The Morgan fingerprint density at radius 2 is 2.19 bits per heavy atom. The van der Waals surface area contributed by atoms with Crippen molar-refractivity contribution in [1.82, 2.24) is 4.98 Å². The summed E-state index contributed by atoms with van der Waals surface area (Å²) in [5, 5.41) is 9.78. The molecule has 1 aromatic heterocycles. The van der Waals surface area contributed by atoms with Crippen molar-refractivity contribution in [2.75, 3.05) is 0 Å². The first-order valence-electron chi connectivity index (χ1n) is 4.39. The zero-order valence-electron chi connectivity index (χ0n) is 8.18. The summed E-state index contributed by atoms with van der Waals surface area (Å²) in [6.07, 6.45) is 0. The van der Waals surface area contributed by atoms with Crippen molar-refractivity contribution in [2.45, 2.75) is 6.92 Å². The second-order valence-corrected chi connectivity index (χ2v) is 4.51. The van der Waals surface area contributed by atoms with Gasteiger partial charge in [-0.3, -0.25) is 0 Å². The minimum atomic E-state index is -0.417. The first kappa shape index (κ1) is 11.3. The maximum absolute atomic E-state index is 13.2. The van der Waals surface area contributed by atoms with Crippen LogP contribution in [0.1, 0.15) is 11.1 Å². The molecule has 2 nitrogen and oxygen atoms in total. The van der Waals surface area contributed by atoms with Gasteiger partial charge in [-0.1, -0.05) is 11.6 Å². The molecule has 1 aromatic carbocycles. The van der Waals surface area contributed by atoms with Gasteiger partial charge in [-0.15, -0.1) is 0 Å². The molecule has 0 N–H and O–H groups in total. The summed E-state index contributed by atoms with van der Waals surface area (Å²) >= 11 is 9.11. The molecule has 0 fully saturated rings. The third-order valence-electron chi connectivity index (χ3n) is 2.30. The zero-order valence-corrected chi connectivity index (χ0v) is 10.5. The quantitative estimate of drug-likeness (QED) is 0.690. The van der Waals surface area contributed by atoms with Crippen molar-refractivity contribution in [3.63, 3.8) is 0 Å². The lowest BCUT2D eigenvalue weighted by molar-refractivity contribution is 0.629. The Labute approximate surface area is 105 Å². The molecule has 0 aliphatic rings. The van der Waals surface area contributed by atoms with Crippen LogP contribution in [0.2, 0.25) is 5.15 Å². The third kappa shape index (κ3) is 1.66. The molecule has 0 saturated carbocycles. The average molecular weight is 300 g/mol. The number of pyridine rings is 1. The Hall–Kier alpha value is -1.18. The van der Waals surface area contributed by atoms with Gasteiger partial charge in [-0.25, -0.2) is 9.37 Å². The van der Waals surface area contributed by atoms with Crippen molar-refractivity contribution < 1.29 is 4.39 Å². The van der Waals surface area contributed by atoms with Crippen LogP contribution >= 0.6 is 27.5 Å². The summed E-state index contributed by atoms with van der Waals surface area (Å²) in [5.74, 6) is -0.417. The molecule has 0 radical (unpaired) electrons. The fourth-order valence-corrected chi connectivity index (χ4v) is 2.20. The molecule has 0 saturated heterocycles. The summed E-state index contributed by atoms with van der Waals surface area (Å²) in [5.41, 5.74) is 1.41. The minimum absolute atomic E-state index is 0.261. The number of nitrogens with zero attached hydrogens (tertiary/aromatic N) is 2. The van der Waals surface area contributed by atoms with Crippen LogP contribution < -0.4 is 0 Å². The van der Waals surface area contributed by atoms with Crippen molar-refractivity contribution in [3.05, 3.63) is 38.7 Å². The largest absolute Gasteiger partial charge is 0.235 e. The number of hydrogen-bond acceptors (Lipinski definition) is 2. The first-order valence-corrected chi connectivity index (χ1v) is 5.56. The predicted octanol–water partition coefficient (Wildman–Crippen LogP) is 3.97. The van der Waals surface area contributed by atoms with Crippen LogP contribution in [0.4, 0.5) is 4.39 Å². The average Bonchev–Trinajstić information content (AvgIpc) is 2.22. The highest BCUT2D eigenvalue weighted by Crippen LogP contribution is 2.30. The molecule has 0 atom stereocenters. The molecule has 80 valence electrons. The molecule has 0 bridgehead atoms. The van der Waals surface area contributed by atoms with Gasteiger partial charge in [0.15, 0.2) is 0 Å². The Kier molecular flexibility index (Phi) is 2.83. The highest BCUT2D eigenvalue weighted by Gasteiger charge is 2.13. The molecule has 0 spiro atoms. The molecule has 2 aromatic rings. The van der Waals surface area contributed by atoms with E-state index in [9.17, 15) is 4.39 Å². The number of benzene rings is 1. The van der Waals surface area contributed by atoms with E-state index in [1.165, 1.54) is 12.1 Å². The van der Waals surface area contributed by atoms with Crippen LogP contribution in [0.3, 0.4) is 0 Å². The Morgan fingerprint density at radius 1 is 1.50 bits per heavy atom. The Morgan fingerprint density at radius 3 is 2.81 bits per heavy atom. The second kappa shape index (κ2) is 4.00. The smallest absolute Gasteiger partial charge is 0.134 e. The van der Waals surface area contributed by atoms with E-state index in [0.29, 0.717) is 26.5 Å². The van der Waals surface area contributed by atoms with Crippen molar-refractivity contribution >= 4 is 38.4 Å². The minimum Gasteiger partial charge on any atom is -0.235 e. The fraction of sp³-hybridized carbons (Fsp3) is 0.0909. The number of aromatic nitrogens is 1. The van der Waals surface area contributed by atoms with E-state index in [2.05, 4.69) is 20.9 Å². The van der Waals surface area contributed by atoms with Gasteiger partial charge >= 0.3 is 0 Å². The molecule has 0 amide bonds. The first-order chi connectivity index (χ1) is 7.54. The molecule has 5 heteroatoms. The summed E-state index contributed by atoms with van der Waals surface area (Å²) in [6.45, 7) is 1.69. The van der Waals surface area contributed by atoms with Gasteiger partial charge in [0.25, 0.3) is 0 Å². The third-order valence-corrected chi connectivity index (χ3v) is 3.28. The molecule has 0 unspecified atom stereocenters. The molecule has 16 heavy (non-hydrogen) atoms. The Bertz CT molecular complexity index is 634. The monoisotopic (exact) mass is 298 g/mol. The molecule has 2 rings (SSSR count). The van der Waals surface area contributed by atoms with Gasteiger partial charge in [-0.05, 0) is 35.0 Å². The Balaban J connectivity index is 3.04. The van der Waals surface area contributed by atoms with Crippen LogP contribution in [0.5, 0.6) is 0 Å². The summed E-state index contributed by atoms with van der Waals surface area (Å²) in [6, 6.07) is 4.60. The van der Waals surface area contributed by atoms with Crippen molar-refractivity contribution in [1.29, 1.82) is 5.26 Å². The molecular formula is C11H5BrClFN2. The lowest BCUT2D eigenvalue weighted by Crippen LogP contribution is -1.93. The molecule has 0 aliphatic heterocycles. The van der Waals surface area contributed by atoms with E-state index in [4.69, 9.17) is 16.9 Å². The van der Waals surface area contributed by atoms with Crippen LogP contribution in [0.25, 0.3) is 10.9 Å². The number of hydrogen-bond donors (Lipinski definition) is 0. The van der Waals surface area contributed by atoms with Crippen LogP contribution in [-0.2, 0) is 0 Å². The number of nitriles is 1. The molecular weight excluding hydrogens is 294 g/mol. The topological polar surface area (TPSA) is 36.7 Å². The van der Waals surface area contributed by atoms with Crippen LogP contribution in [-0.4, -0.2) is 4.98 Å². The number of halogens is 3. The second-order valence-electron chi connectivity index (χ2n) is 3.30. The number of fused-ring (bicyclic) bond motifs is 1. The van der Waals surface area contributed by atoms with E-state index < -0.39 is 5.82 Å². The lowest BCUT2D eigenvalue weighted by Gasteiger charge is -2.06.